The average molecular weight is 312 g/mol. The summed E-state index contributed by atoms with van der Waals surface area (Å²) in [7, 11) is 1.31. The predicted molar refractivity (Wildman–Crippen MR) is 86.0 cm³/mol. The third kappa shape index (κ3) is 2.80. The molecule has 0 spiro atoms. The fourth-order valence-electron chi connectivity index (χ4n) is 3.19. The maximum absolute atomic E-state index is 12.3. The predicted octanol–water partition coefficient (Wildman–Crippen LogP) is 2.87. The second kappa shape index (κ2) is 6.17. The van der Waals surface area contributed by atoms with Crippen molar-refractivity contribution in [2.45, 2.75) is 33.6 Å². The second-order valence-electron chi connectivity index (χ2n) is 5.70. The average Bonchev–Trinajstić information content (AvgIpc) is 2.45. The molecular formula is C18H20N2O3. The minimum Gasteiger partial charge on any atom is -0.466 e. The molecule has 5 heteroatoms. The van der Waals surface area contributed by atoms with Crippen molar-refractivity contribution in [2.75, 3.05) is 7.11 Å². The van der Waals surface area contributed by atoms with E-state index < -0.39 is 11.9 Å². The normalized spacial score (nSPS) is 17.7. The highest BCUT2D eigenvalue weighted by molar-refractivity contribution is 5.92. The van der Waals surface area contributed by atoms with E-state index in [1.807, 2.05) is 32.9 Å². The Morgan fingerprint density at radius 1 is 1.26 bits per heavy atom. The second-order valence-corrected chi connectivity index (χ2v) is 5.70. The van der Waals surface area contributed by atoms with E-state index in [1.54, 1.807) is 6.92 Å². The maximum Gasteiger partial charge on any atom is 0.338 e. The van der Waals surface area contributed by atoms with Gasteiger partial charge in [0, 0.05) is 0 Å². The van der Waals surface area contributed by atoms with Gasteiger partial charge in [0.25, 0.3) is 0 Å². The molecule has 23 heavy (non-hydrogen) atoms. The molecule has 0 radical (unpaired) electrons. The summed E-state index contributed by atoms with van der Waals surface area (Å²) in [5, 5.41) is 9.55. The molecule has 1 aromatic rings. The van der Waals surface area contributed by atoms with E-state index in [1.165, 1.54) is 7.11 Å². The molecule has 0 aliphatic carbocycles. The molecule has 1 aliphatic rings. The number of ether oxygens (including phenoxy) is 2. The summed E-state index contributed by atoms with van der Waals surface area (Å²) in [6.45, 7) is 7.57. The number of esters is 1. The minimum absolute atomic E-state index is 0.0297. The number of nitrogens with two attached hydrogens (primary N) is 1. The SMILES string of the molecule is COC(=O)C1=C(C)OC(N)=C(C#N)[C@H]1c1c(C)cc(C)cc1C. The van der Waals surface area contributed by atoms with Crippen molar-refractivity contribution < 1.29 is 14.3 Å². The Labute approximate surface area is 136 Å². The number of methoxy groups -OCH3 is 1. The van der Waals surface area contributed by atoms with Crippen LogP contribution in [0.15, 0.2) is 34.9 Å². The van der Waals surface area contributed by atoms with Crippen molar-refractivity contribution in [1.29, 1.82) is 5.26 Å². The van der Waals surface area contributed by atoms with Crippen LogP contribution in [-0.4, -0.2) is 13.1 Å². The van der Waals surface area contributed by atoms with Gasteiger partial charge in [-0.3, -0.25) is 0 Å². The fourth-order valence-corrected chi connectivity index (χ4v) is 3.19. The summed E-state index contributed by atoms with van der Waals surface area (Å²) in [6.07, 6.45) is 0. The summed E-state index contributed by atoms with van der Waals surface area (Å²) in [6, 6.07) is 6.13. The quantitative estimate of drug-likeness (QED) is 0.849. The summed E-state index contributed by atoms with van der Waals surface area (Å²) in [5.74, 6) is -0.714. The summed E-state index contributed by atoms with van der Waals surface area (Å²) < 4.78 is 10.3. The van der Waals surface area contributed by atoms with Crippen LogP contribution in [-0.2, 0) is 14.3 Å². The van der Waals surface area contributed by atoms with Gasteiger partial charge in [-0.2, -0.15) is 5.26 Å². The van der Waals surface area contributed by atoms with Gasteiger partial charge in [0.05, 0.1) is 18.6 Å². The molecule has 0 saturated heterocycles. The van der Waals surface area contributed by atoms with E-state index in [0.717, 1.165) is 22.3 Å². The highest BCUT2D eigenvalue weighted by atomic mass is 16.5. The van der Waals surface area contributed by atoms with E-state index in [4.69, 9.17) is 15.2 Å². The van der Waals surface area contributed by atoms with E-state index in [9.17, 15) is 10.1 Å². The highest BCUT2D eigenvalue weighted by Gasteiger charge is 2.37. The van der Waals surface area contributed by atoms with Crippen molar-refractivity contribution in [3.8, 4) is 6.07 Å². The van der Waals surface area contributed by atoms with Gasteiger partial charge in [-0.05, 0) is 44.4 Å². The Morgan fingerprint density at radius 2 is 1.83 bits per heavy atom. The Bertz CT molecular complexity index is 759. The van der Waals surface area contributed by atoms with Crippen LogP contribution in [0.5, 0.6) is 0 Å². The molecule has 1 heterocycles. The van der Waals surface area contributed by atoms with Crippen LogP contribution in [0.4, 0.5) is 0 Å². The lowest BCUT2D eigenvalue weighted by molar-refractivity contribution is -0.136. The van der Waals surface area contributed by atoms with E-state index in [2.05, 4.69) is 6.07 Å². The fraction of sp³-hybridized carbons (Fsp3) is 0.333. The highest BCUT2D eigenvalue weighted by Crippen LogP contribution is 2.42. The van der Waals surface area contributed by atoms with Crippen LogP contribution in [0.25, 0.3) is 0 Å². The smallest absolute Gasteiger partial charge is 0.338 e. The molecule has 0 unspecified atom stereocenters. The number of hydrogen-bond acceptors (Lipinski definition) is 5. The number of nitrogens with zero attached hydrogens (tertiary/aromatic N) is 1. The number of rotatable bonds is 2. The zero-order valence-electron chi connectivity index (χ0n) is 14.0. The monoisotopic (exact) mass is 312 g/mol. The Kier molecular flexibility index (Phi) is 4.46. The Morgan fingerprint density at radius 3 is 2.30 bits per heavy atom. The molecule has 120 valence electrons. The van der Waals surface area contributed by atoms with Gasteiger partial charge < -0.3 is 15.2 Å². The van der Waals surface area contributed by atoms with Crippen molar-refractivity contribution in [3.63, 3.8) is 0 Å². The first-order chi connectivity index (χ1) is 10.8. The Hall–Kier alpha value is -2.74. The van der Waals surface area contributed by atoms with Gasteiger partial charge in [0.15, 0.2) is 0 Å². The molecule has 1 aromatic carbocycles. The van der Waals surface area contributed by atoms with Crippen molar-refractivity contribution >= 4 is 5.97 Å². The lowest BCUT2D eigenvalue weighted by Gasteiger charge is -2.28. The first-order valence-electron chi connectivity index (χ1n) is 7.26. The standard InChI is InChI=1S/C18H20N2O3/c1-9-6-10(2)14(11(3)7-9)16-13(8-19)17(20)23-12(4)15(16)18(21)22-5/h6-7,16H,20H2,1-5H3/t16-/m0/s1. The topological polar surface area (TPSA) is 85.3 Å². The molecule has 0 fully saturated rings. The van der Waals surface area contributed by atoms with Crippen LogP contribution in [0.3, 0.4) is 0 Å². The largest absolute Gasteiger partial charge is 0.466 e. The molecule has 0 amide bonds. The van der Waals surface area contributed by atoms with Crippen LogP contribution in [0.1, 0.15) is 35.1 Å². The third-order valence-corrected chi connectivity index (χ3v) is 4.04. The molecule has 5 nitrogen and oxygen atoms in total. The number of nitriles is 1. The van der Waals surface area contributed by atoms with Crippen LogP contribution in [0.2, 0.25) is 0 Å². The molecule has 0 saturated carbocycles. The van der Waals surface area contributed by atoms with Gasteiger partial charge in [0.2, 0.25) is 5.88 Å². The number of aryl methyl sites for hydroxylation is 3. The summed E-state index contributed by atoms with van der Waals surface area (Å²) in [4.78, 5) is 12.3. The number of hydrogen-bond donors (Lipinski definition) is 1. The molecule has 2 N–H and O–H groups in total. The molecule has 0 bridgehead atoms. The zero-order valence-corrected chi connectivity index (χ0v) is 14.0. The third-order valence-electron chi connectivity index (χ3n) is 4.04. The zero-order chi connectivity index (χ0) is 17.3. The number of benzene rings is 1. The molecule has 1 atom stereocenters. The number of carbonyl (C=O) groups excluding carboxylic acids is 1. The first-order valence-corrected chi connectivity index (χ1v) is 7.26. The maximum atomic E-state index is 12.3. The van der Waals surface area contributed by atoms with Crippen molar-refractivity contribution in [1.82, 2.24) is 0 Å². The van der Waals surface area contributed by atoms with Crippen molar-refractivity contribution in [3.05, 3.63) is 57.2 Å². The summed E-state index contributed by atoms with van der Waals surface area (Å²) >= 11 is 0. The van der Waals surface area contributed by atoms with Gasteiger partial charge in [0.1, 0.15) is 17.4 Å². The van der Waals surface area contributed by atoms with Crippen LogP contribution >= 0.6 is 0 Å². The van der Waals surface area contributed by atoms with Crippen LogP contribution in [0, 0.1) is 32.1 Å². The molecular weight excluding hydrogens is 292 g/mol. The van der Waals surface area contributed by atoms with Gasteiger partial charge in [-0.1, -0.05) is 17.7 Å². The number of allylic oxidation sites excluding steroid dienone is 2. The molecule has 1 aliphatic heterocycles. The Balaban J connectivity index is 2.79. The van der Waals surface area contributed by atoms with E-state index in [0.29, 0.717) is 11.3 Å². The van der Waals surface area contributed by atoms with Crippen molar-refractivity contribution in [2.24, 2.45) is 5.73 Å². The molecule has 2 rings (SSSR count). The lowest BCUT2D eigenvalue weighted by Crippen LogP contribution is -2.26. The van der Waals surface area contributed by atoms with Crippen LogP contribution < -0.4 is 5.73 Å². The van der Waals surface area contributed by atoms with E-state index in [-0.39, 0.29) is 11.5 Å². The first kappa shape index (κ1) is 16.6. The lowest BCUT2D eigenvalue weighted by atomic mass is 9.79. The van der Waals surface area contributed by atoms with Gasteiger partial charge in [-0.25, -0.2) is 4.79 Å². The summed E-state index contributed by atoms with van der Waals surface area (Å²) in [5.41, 5.74) is 10.4. The minimum atomic E-state index is -0.582. The molecule has 0 aromatic heterocycles. The van der Waals surface area contributed by atoms with Gasteiger partial charge in [-0.15, -0.1) is 0 Å². The van der Waals surface area contributed by atoms with Gasteiger partial charge >= 0.3 is 5.97 Å². The number of carbonyl (C=O) groups is 1. The van der Waals surface area contributed by atoms with E-state index >= 15 is 0 Å².